The number of nitrogens with zero attached hydrogens (tertiary/aromatic N) is 2. The maximum atomic E-state index is 13.5. The maximum absolute atomic E-state index is 13.5. The molecule has 4 aromatic rings. The average Bonchev–Trinajstić information content (AvgIpc) is 3.48. The molecule has 3 aromatic heterocycles. The molecule has 0 radical (unpaired) electrons. The summed E-state index contributed by atoms with van der Waals surface area (Å²) in [6, 6.07) is 10.4. The molecule has 1 saturated carbocycles. The van der Waals surface area contributed by atoms with Gasteiger partial charge in [-0.15, -0.1) is 23.7 Å². The summed E-state index contributed by atoms with van der Waals surface area (Å²) in [7, 11) is 0. The predicted octanol–water partition coefficient (Wildman–Crippen LogP) is 5.01. The average molecular weight is 516 g/mol. The number of Topliss-reactive ketones (excluding diaryl/α,β-unsaturated/α-hetero) is 1. The van der Waals surface area contributed by atoms with Crippen LogP contribution in [0.3, 0.4) is 0 Å². The number of thiazole rings is 1. The van der Waals surface area contributed by atoms with Crippen molar-refractivity contribution in [3.63, 3.8) is 0 Å². The lowest BCUT2D eigenvalue weighted by Crippen LogP contribution is -2.64. The zero-order chi connectivity index (χ0) is 23.0. The van der Waals surface area contributed by atoms with E-state index in [9.17, 15) is 9.59 Å². The molecule has 1 aliphatic rings. The number of benzene rings is 1. The van der Waals surface area contributed by atoms with Gasteiger partial charge in [0, 0.05) is 34.5 Å². The minimum Gasteiger partial charge on any atom is -0.352 e. The van der Waals surface area contributed by atoms with Crippen LogP contribution in [-0.4, -0.2) is 38.2 Å². The van der Waals surface area contributed by atoms with Crippen molar-refractivity contribution in [3.05, 3.63) is 70.7 Å². The standard InChI is InChI=1S/C24H22ClN5O2S.ClH/c25-16-4-5-17-15(11-16)12-18(29-17)21(31)24(26)8-2-1-3-20(24)30-22(32)23-28-13-19(33-23)14-6-9-27-10-7-14;/h4-7,9-13,20,29H,1-3,8,26H2,(H,30,32);1H. The Morgan fingerprint density at radius 3 is 2.76 bits per heavy atom. The molecule has 4 N–H and O–H groups in total. The predicted molar refractivity (Wildman–Crippen MR) is 137 cm³/mol. The molecule has 1 aliphatic carbocycles. The van der Waals surface area contributed by atoms with Crippen molar-refractivity contribution in [1.82, 2.24) is 20.3 Å². The number of halogens is 2. The Morgan fingerprint density at radius 1 is 1.18 bits per heavy atom. The van der Waals surface area contributed by atoms with Crippen molar-refractivity contribution in [3.8, 4) is 10.4 Å². The zero-order valence-corrected chi connectivity index (χ0v) is 20.5. The Labute approximate surface area is 211 Å². The van der Waals surface area contributed by atoms with E-state index in [1.165, 1.54) is 11.3 Å². The fourth-order valence-corrected chi connectivity index (χ4v) is 5.40. The quantitative estimate of drug-likeness (QED) is 0.323. The van der Waals surface area contributed by atoms with Crippen LogP contribution >= 0.6 is 35.3 Å². The topological polar surface area (TPSA) is 114 Å². The van der Waals surface area contributed by atoms with Crippen LogP contribution in [0, 0.1) is 0 Å². The van der Waals surface area contributed by atoms with Crippen LogP contribution in [0.2, 0.25) is 5.02 Å². The van der Waals surface area contributed by atoms with Crippen LogP contribution in [0.15, 0.2) is 55.0 Å². The number of H-pyrrole nitrogens is 1. The van der Waals surface area contributed by atoms with Crippen molar-refractivity contribution in [1.29, 1.82) is 0 Å². The minimum atomic E-state index is -1.20. The van der Waals surface area contributed by atoms with E-state index in [2.05, 4.69) is 20.3 Å². The van der Waals surface area contributed by atoms with E-state index < -0.39 is 11.6 Å². The Hall–Kier alpha value is -2.78. The van der Waals surface area contributed by atoms with E-state index in [1.54, 1.807) is 36.8 Å². The Balaban J connectivity index is 0.00000274. The number of aromatic nitrogens is 3. The Bertz CT molecular complexity index is 1340. The lowest BCUT2D eigenvalue weighted by Gasteiger charge is -2.39. The van der Waals surface area contributed by atoms with Crippen molar-refractivity contribution in [2.24, 2.45) is 5.73 Å². The molecule has 10 heteroatoms. The van der Waals surface area contributed by atoms with Gasteiger partial charge in [-0.1, -0.05) is 24.4 Å². The minimum absolute atomic E-state index is 0. The number of fused-ring (bicyclic) bond motifs is 1. The van der Waals surface area contributed by atoms with Gasteiger partial charge in [0.05, 0.1) is 16.6 Å². The molecule has 3 heterocycles. The number of hydrogen-bond acceptors (Lipinski definition) is 6. The van der Waals surface area contributed by atoms with E-state index in [4.69, 9.17) is 17.3 Å². The second kappa shape index (κ2) is 9.84. The van der Waals surface area contributed by atoms with Crippen molar-refractivity contribution < 1.29 is 9.59 Å². The molecular weight excluding hydrogens is 493 g/mol. The summed E-state index contributed by atoms with van der Waals surface area (Å²) in [6.45, 7) is 0. The molecular formula is C24H23Cl2N5O2S. The first-order chi connectivity index (χ1) is 15.9. The number of rotatable bonds is 5. The van der Waals surface area contributed by atoms with Gasteiger partial charge in [-0.3, -0.25) is 14.6 Å². The van der Waals surface area contributed by atoms with Gasteiger partial charge in [-0.25, -0.2) is 4.98 Å². The highest BCUT2D eigenvalue weighted by Crippen LogP contribution is 2.32. The number of carbonyl (C=O) groups excluding carboxylic acids is 2. The molecule has 2 unspecified atom stereocenters. The molecule has 7 nitrogen and oxygen atoms in total. The van der Waals surface area contributed by atoms with Gasteiger partial charge >= 0.3 is 0 Å². The summed E-state index contributed by atoms with van der Waals surface area (Å²) in [5, 5.41) is 4.78. The van der Waals surface area contributed by atoms with Gasteiger partial charge in [-0.2, -0.15) is 0 Å². The summed E-state index contributed by atoms with van der Waals surface area (Å²) < 4.78 is 0. The van der Waals surface area contributed by atoms with Crippen LogP contribution in [0.5, 0.6) is 0 Å². The van der Waals surface area contributed by atoms with Crippen LogP contribution in [-0.2, 0) is 0 Å². The second-order valence-electron chi connectivity index (χ2n) is 8.32. The number of ketones is 1. The lowest BCUT2D eigenvalue weighted by molar-refractivity contribution is 0.0755. The monoisotopic (exact) mass is 515 g/mol. The zero-order valence-electron chi connectivity index (χ0n) is 18.1. The molecule has 34 heavy (non-hydrogen) atoms. The van der Waals surface area contributed by atoms with Crippen molar-refractivity contribution >= 4 is 57.9 Å². The van der Waals surface area contributed by atoms with Gasteiger partial charge in [0.1, 0.15) is 5.54 Å². The molecule has 1 fully saturated rings. The number of hydrogen-bond donors (Lipinski definition) is 3. The summed E-state index contributed by atoms with van der Waals surface area (Å²) in [6.07, 6.45) is 7.90. The summed E-state index contributed by atoms with van der Waals surface area (Å²) >= 11 is 7.38. The Morgan fingerprint density at radius 2 is 1.97 bits per heavy atom. The number of nitrogens with two attached hydrogens (primary N) is 1. The molecule has 176 valence electrons. The molecule has 0 aliphatic heterocycles. The second-order valence-corrected chi connectivity index (χ2v) is 9.79. The number of aromatic amines is 1. The molecule has 0 spiro atoms. The molecule has 1 aromatic carbocycles. The maximum Gasteiger partial charge on any atom is 0.280 e. The first-order valence-electron chi connectivity index (χ1n) is 10.7. The molecule has 2 atom stereocenters. The fraction of sp³-hybridized carbons (Fsp3) is 0.250. The fourth-order valence-electron chi connectivity index (χ4n) is 4.40. The van der Waals surface area contributed by atoms with E-state index >= 15 is 0 Å². The highest BCUT2D eigenvalue weighted by molar-refractivity contribution is 7.17. The SMILES string of the molecule is Cl.NC1(C(=O)c2cc3cc(Cl)ccc3[nH]2)CCCCC1NC(=O)c1ncc(-c2ccncc2)s1. The van der Waals surface area contributed by atoms with Gasteiger partial charge in [-0.05, 0) is 54.8 Å². The highest BCUT2D eigenvalue weighted by Gasteiger charge is 2.45. The number of carbonyl (C=O) groups is 2. The first kappa shape index (κ1) is 24.3. The number of nitrogens with one attached hydrogen (secondary N) is 2. The third-order valence-corrected chi connectivity index (χ3v) is 7.46. The van der Waals surface area contributed by atoms with Gasteiger partial charge in [0.2, 0.25) is 5.78 Å². The van der Waals surface area contributed by atoms with E-state index in [0.717, 1.165) is 34.2 Å². The molecule has 0 bridgehead atoms. The third kappa shape index (κ3) is 4.59. The van der Waals surface area contributed by atoms with E-state index in [0.29, 0.717) is 28.6 Å². The van der Waals surface area contributed by atoms with Crippen LogP contribution in [0.1, 0.15) is 46.0 Å². The van der Waals surface area contributed by atoms with Crippen LogP contribution in [0.25, 0.3) is 21.3 Å². The van der Waals surface area contributed by atoms with E-state index in [1.807, 2.05) is 18.2 Å². The largest absolute Gasteiger partial charge is 0.352 e. The van der Waals surface area contributed by atoms with Gasteiger partial charge < -0.3 is 16.0 Å². The number of pyridine rings is 1. The smallest absolute Gasteiger partial charge is 0.280 e. The van der Waals surface area contributed by atoms with Gasteiger partial charge in [0.25, 0.3) is 5.91 Å². The Kier molecular flexibility index (Phi) is 7.04. The van der Waals surface area contributed by atoms with E-state index in [-0.39, 0.29) is 24.1 Å². The van der Waals surface area contributed by atoms with Crippen LogP contribution < -0.4 is 11.1 Å². The van der Waals surface area contributed by atoms with Gasteiger partial charge in [0.15, 0.2) is 5.01 Å². The first-order valence-corrected chi connectivity index (χ1v) is 11.9. The number of amides is 1. The third-order valence-electron chi connectivity index (χ3n) is 6.18. The molecule has 0 saturated heterocycles. The lowest BCUT2D eigenvalue weighted by atomic mass is 9.74. The summed E-state index contributed by atoms with van der Waals surface area (Å²) in [5.74, 6) is -0.533. The summed E-state index contributed by atoms with van der Waals surface area (Å²) in [4.78, 5) is 38.9. The highest BCUT2D eigenvalue weighted by atomic mass is 35.5. The molecule has 1 amide bonds. The normalized spacial score (nSPS) is 20.0. The molecule has 5 rings (SSSR count). The van der Waals surface area contributed by atoms with Crippen molar-refractivity contribution in [2.45, 2.75) is 37.3 Å². The summed E-state index contributed by atoms with van der Waals surface area (Å²) in [5.41, 5.74) is 7.70. The van der Waals surface area contributed by atoms with Crippen LogP contribution in [0.4, 0.5) is 0 Å². The van der Waals surface area contributed by atoms with Crippen molar-refractivity contribution in [2.75, 3.05) is 0 Å².